The summed E-state index contributed by atoms with van der Waals surface area (Å²) in [5.74, 6) is -6.88. The Bertz CT molecular complexity index is 186. The predicted octanol–water partition coefficient (Wildman–Crippen LogP) is -1.07. The Morgan fingerprint density at radius 1 is 0.667 bits per heavy atom. The Hall–Kier alpha value is 0.0400. The summed E-state index contributed by atoms with van der Waals surface area (Å²) in [7, 11) is -5.08. The molecule has 0 amide bonds. The first-order valence-electron chi connectivity index (χ1n) is 3.10. The van der Waals surface area contributed by atoms with Gasteiger partial charge in [0.1, 0.15) is 0 Å². The monoisotopic (exact) mass is 214 g/mol. The first kappa shape index (κ1) is 10.1. The van der Waals surface area contributed by atoms with E-state index in [4.69, 9.17) is 20.4 Å². The number of hydrogen-bond donors (Lipinski definition) is 4. The van der Waals surface area contributed by atoms with Gasteiger partial charge in [-0.15, -0.1) is 0 Å². The van der Waals surface area contributed by atoms with E-state index in [0.29, 0.717) is 0 Å². The van der Waals surface area contributed by atoms with E-state index in [0.717, 1.165) is 0 Å². The number of aliphatic hydroxyl groups is 4. The van der Waals surface area contributed by atoms with Crippen LogP contribution in [0, 0.1) is 0 Å². The quantitative estimate of drug-likeness (QED) is 0.381. The SMILES string of the molecule is O=[P+]1C(O)C(O)[P+](=O)C(O)C1O. The normalized spacial score (nSPS) is 49.3. The van der Waals surface area contributed by atoms with Crippen molar-refractivity contribution in [3.05, 3.63) is 0 Å². The van der Waals surface area contributed by atoms with E-state index in [-0.39, 0.29) is 0 Å². The summed E-state index contributed by atoms with van der Waals surface area (Å²) in [6, 6.07) is 0. The molecule has 1 heterocycles. The van der Waals surface area contributed by atoms with E-state index in [9.17, 15) is 9.13 Å². The molecule has 0 radical (unpaired) electrons. The van der Waals surface area contributed by atoms with Gasteiger partial charge >= 0.3 is 39.0 Å². The van der Waals surface area contributed by atoms with Crippen molar-refractivity contribution >= 4 is 15.6 Å². The van der Waals surface area contributed by atoms with Gasteiger partial charge in [0.2, 0.25) is 0 Å². The lowest BCUT2D eigenvalue weighted by atomic mass is 10.7. The molecular formula is C4H8O6P2+2. The van der Waals surface area contributed by atoms with Crippen LogP contribution in [0.4, 0.5) is 0 Å². The maximum atomic E-state index is 10.9. The van der Waals surface area contributed by atoms with E-state index in [1.807, 2.05) is 0 Å². The highest BCUT2D eigenvalue weighted by molar-refractivity contribution is 7.54. The highest BCUT2D eigenvalue weighted by Crippen LogP contribution is 2.52. The largest absolute Gasteiger partial charge is 0.417 e. The Kier molecular flexibility index (Phi) is 2.88. The molecule has 0 aromatic heterocycles. The van der Waals surface area contributed by atoms with Crippen molar-refractivity contribution in [2.45, 2.75) is 23.4 Å². The van der Waals surface area contributed by atoms with Gasteiger partial charge in [-0.25, -0.2) is 0 Å². The van der Waals surface area contributed by atoms with Crippen molar-refractivity contribution < 1.29 is 29.6 Å². The van der Waals surface area contributed by atoms with Gasteiger partial charge in [0, 0.05) is 0 Å². The zero-order valence-electron chi connectivity index (χ0n) is 5.81. The maximum absolute atomic E-state index is 10.9. The maximum Gasteiger partial charge on any atom is 0.417 e. The summed E-state index contributed by atoms with van der Waals surface area (Å²) in [5, 5.41) is 35.7. The van der Waals surface area contributed by atoms with Gasteiger partial charge in [-0.1, -0.05) is 9.13 Å². The standard InChI is InChI=1S/C4H8O6P2/c5-1-2(6)12(10)4(8)3(7)11(1)9/h1-8H/q+2. The van der Waals surface area contributed by atoms with Crippen LogP contribution in [0.5, 0.6) is 0 Å². The van der Waals surface area contributed by atoms with Crippen molar-refractivity contribution in [3.8, 4) is 0 Å². The van der Waals surface area contributed by atoms with Gasteiger partial charge in [-0.3, -0.25) is 0 Å². The van der Waals surface area contributed by atoms with Gasteiger partial charge in [-0.05, 0) is 0 Å². The van der Waals surface area contributed by atoms with Gasteiger partial charge in [0.15, 0.2) is 0 Å². The molecule has 1 saturated heterocycles. The van der Waals surface area contributed by atoms with Crippen LogP contribution >= 0.6 is 15.6 Å². The lowest BCUT2D eigenvalue weighted by Gasteiger charge is -2.11. The second kappa shape index (κ2) is 3.42. The molecule has 1 aliphatic rings. The Labute approximate surface area is 69.4 Å². The molecule has 68 valence electrons. The summed E-state index contributed by atoms with van der Waals surface area (Å²) in [4.78, 5) is 0. The summed E-state index contributed by atoms with van der Waals surface area (Å²) < 4.78 is 21.8. The van der Waals surface area contributed by atoms with Gasteiger partial charge in [0.05, 0.1) is 0 Å². The molecule has 0 saturated carbocycles. The van der Waals surface area contributed by atoms with Crippen LogP contribution < -0.4 is 0 Å². The Morgan fingerprint density at radius 3 is 1.00 bits per heavy atom. The smallest absolute Gasteiger partial charge is 0.345 e. The van der Waals surface area contributed by atoms with Crippen LogP contribution in [0.15, 0.2) is 0 Å². The van der Waals surface area contributed by atoms with E-state index in [1.54, 1.807) is 0 Å². The molecule has 0 aromatic carbocycles. The predicted molar refractivity (Wildman–Crippen MR) is 39.2 cm³/mol. The lowest BCUT2D eigenvalue weighted by molar-refractivity contribution is 0.0716. The van der Waals surface area contributed by atoms with Crippen LogP contribution in [0.3, 0.4) is 0 Å². The van der Waals surface area contributed by atoms with Gasteiger partial charge in [0.25, 0.3) is 0 Å². The first-order valence-corrected chi connectivity index (χ1v) is 5.89. The first-order chi connectivity index (χ1) is 5.46. The van der Waals surface area contributed by atoms with Crippen LogP contribution in [0.25, 0.3) is 0 Å². The minimum Gasteiger partial charge on any atom is -0.345 e. The lowest BCUT2D eigenvalue weighted by Crippen LogP contribution is -2.36. The van der Waals surface area contributed by atoms with Gasteiger partial charge in [-0.2, -0.15) is 0 Å². The third kappa shape index (κ3) is 1.42. The zero-order valence-corrected chi connectivity index (χ0v) is 7.60. The average molecular weight is 214 g/mol. The molecule has 0 aliphatic carbocycles. The highest BCUT2D eigenvalue weighted by Gasteiger charge is 2.65. The van der Waals surface area contributed by atoms with Crippen molar-refractivity contribution in [2.75, 3.05) is 0 Å². The molecule has 4 N–H and O–H groups in total. The molecule has 1 aliphatic heterocycles. The number of aliphatic hydroxyl groups excluding tert-OH is 4. The van der Waals surface area contributed by atoms with Crippen LogP contribution in [-0.2, 0) is 9.13 Å². The van der Waals surface area contributed by atoms with Crippen molar-refractivity contribution in [2.24, 2.45) is 0 Å². The van der Waals surface area contributed by atoms with Crippen LogP contribution in [0.1, 0.15) is 0 Å². The molecule has 0 aromatic rings. The summed E-state index contributed by atoms with van der Waals surface area (Å²) in [5.41, 5.74) is 0. The van der Waals surface area contributed by atoms with E-state index < -0.39 is 39.0 Å². The Balaban J connectivity index is 2.91. The Morgan fingerprint density at radius 2 is 0.833 bits per heavy atom. The second-order valence-electron chi connectivity index (χ2n) is 2.37. The van der Waals surface area contributed by atoms with Crippen LogP contribution in [0.2, 0.25) is 0 Å². The zero-order chi connectivity index (χ0) is 9.46. The van der Waals surface area contributed by atoms with Crippen molar-refractivity contribution in [3.63, 3.8) is 0 Å². The fourth-order valence-corrected chi connectivity index (χ4v) is 4.09. The molecule has 4 unspecified atom stereocenters. The molecule has 12 heavy (non-hydrogen) atoms. The highest BCUT2D eigenvalue weighted by atomic mass is 31.1. The fraction of sp³-hybridized carbons (Fsp3) is 1.00. The molecule has 0 bridgehead atoms. The number of rotatable bonds is 0. The van der Waals surface area contributed by atoms with Crippen molar-refractivity contribution in [1.82, 2.24) is 0 Å². The summed E-state index contributed by atoms with van der Waals surface area (Å²) in [6.07, 6.45) is 0. The third-order valence-electron chi connectivity index (χ3n) is 1.58. The number of hydrogen-bond acceptors (Lipinski definition) is 6. The van der Waals surface area contributed by atoms with Crippen molar-refractivity contribution in [1.29, 1.82) is 0 Å². The van der Waals surface area contributed by atoms with E-state index in [2.05, 4.69) is 0 Å². The van der Waals surface area contributed by atoms with Gasteiger partial charge < -0.3 is 20.4 Å². The molecule has 0 spiro atoms. The van der Waals surface area contributed by atoms with E-state index in [1.165, 1.54) is 0 Å². The topological polar surface area (TPSA) is 115 Å². The summed E-state index contributed by atoms with van der Waals surface area (Å²) in [6.45, 7) is 0. The molecular weight excluding hydrogens is 206 g/mol. The fourth-order valence-electron chi connectivity index (χ4n) is 0.839. The molecule has 1 rings (SSSR count). The minimum atomic E-state index is -2.54. The molecule has 1 fully saturated rings. The average Bonchev–Trinajstić information content (AvgIpc) is 2.08. The molecule has 6 nitrogen and oxygen atoms in total. The molecule has 4 atom stereocenters. The summed E-state index contributed by atoms with van der Waals surface area (Å²) >= 11 is 0. The van der Waals surface area contributed by atoms with Crippen LogP contribution in [-0.4, -0.2) is 43.8 Å². The second-order valence-corrected chi connectivity index (χ2v) is 5.93. The third-order valence-corrected chi connectivity index (χ3v) is 5.26. The van der Waals surface area contributed by atoms with E-state index >= 15 is 0 Å². The molecule has 8 heteroatoms. The minimum absolute atomic E-state index is 1.72.